The number of hydrogen-bond acceptors (Lipinski definition) is 6. The second-order valence-corrected chi connectivity index (χ2v) is 8.60. The minimum Gasteiger partial charge on any atom is -0.497 e. The topological polar surface area (TPSA) is 80.7 Å². The summed E-state index contributed by atoms with van der Waals surface area (Å²) < 4.78 is 15.8. The van der Waals surface area contributed by atoms with Gasteiger partial charge in [-0.05, 0) is 42.0 Å². The first-order valence-corrected chi connectivity index (χ1v) is 12.0. The Kier molecular flexibility index (Phi) is 8.53. The van der Waals surface area contributed by atoms with Gasteiger partial charge in [-0.3, -0.25) is 9.59 Å². The van der Waals surface area contributed by atoms with Crippen LogP contribution in [-0.4, -0.2) is 68.5 Å². The molecular formula is C29H31N3O5. The monoisotopic (exact) mass is 501 g/mol. The van der Waals surface area contributed by atoms with Gasteiger partial charge in [0.1, 0.15) is 18.0 Å². The first-order valence-electron chi connectivity index (χ1n) is 12.0. The average Bonchev–Trinajstić information content (AvgIpc) is 3.41. The SMILES string of the molecule is COCCN(CC(=O)N1N=C(c2cccc(OC)c2)CC1c1ccccc1)C(=O)c1ccc(OC)cc1. The van der Waals surface area contributed by atoms with Crippen LogP contribution in [0.25, 0.3) is 0 Å². The van der Waals surface area contributed by atoms with Crippen LogP contribution in [0.4, 0.5) is 0 Å². The van der Waals surface area contributed by atoms with Crippen molar-refractivity contribution in [1.82, 2.24) is 9.91 Å². The maximum atomic E-state index is 13.7. The Balaban J connectivity index is 1.61. The summed E-state index contributed by atoms with van der Waals surface area (Å²) >= 11 is 0. The molecule has 0 fully saturated rings. The third kappa shape index (κ3) is 6.16. The fraction of sp³-hybridized carbons (Fsp3) is 0.276. The molecule has 0 aliphatic carbocycles. The number of carbonyl (C=O) groups excluding carboxylic acids is 2. The van der Waals surface area contributed by atoms with Crippen LogP contribution < -0.4 is 9.47 Å². The number of benzene rings is 3. The molecule has 1 unspecified atom stereocenters. The first-order chi connectivity index (χ1) is 18.0. The molecule has 0 bridgehead atoms. The predicted octanol–water partition coefficient (Wildman–Crippen LogP) is 4.17. The van der Waals surface area contributed by atoms with E-state index in [0.29, 0.717) is 24.3 Å². The molecule has 1 aliphatic heterocycles. The van der Waals surface area contributed by atoms with Crippen LogP contribution in [-0.2, 0) is 9.53 Å². The number of carbonyl (C=O) groups is 2. The van der Waals surface area contributed by atoms with Gasteiger partial charge in [-0.1, -0.05) is 42.5 Å². The number of nitrogens with zero attached hydrogens (tertiary/aromatic N) is 3. The van der Waals surface area contributed by atoms with E-state index in [1.807, 2.05) is 54.6 Å². The minimum absolute atomic E-state index is 0.132. The number of hydrazone groups is 1. The molecule has 0 saturated carbocycles. The van der Waals surface area contributed by atoms with E-state index in [9.17, 15) is 9.59 Å². The molecule has 192 valence electrons. The van der Waals surface area contributed by atoms with E-state index in [0.717, 1.165) is 22.6 Å². The Morgan fingerprint density at radius 2 is 1.65 bits per heavy atom. The third-order valence-electron chi connectivity index (χ3n) is 6.27. The molecule has 8 heteroatoms. The lowest BCUT2D eigenvalue weighted by atomic mass is 9.98. The number of rotatable bonds is 10. The van der Waals surface area contributed by atoms with Gasteiger partial charge in [0.15, 0.2) is 0 Å². The molecule has 0 saturated heterocycles. The molecule has 0 radical (unpaired) electrons. The van der Waals surface area contributed by atoms with Crippen molar-refractivity contribution < 1.29 is 23.8 Å². The van der Waals surface area contributed by atoms with Crippen LogP contribution in [0.1, 0.15) is 33.9 Å². The van der Waals surface area contributed by atoms with Crippen LogP contribution in [0.2, 0.25) is 0 Å². The first kappa shape index (κ1) is 25.9. The van der Waals surface area contributed by atoms with Crippen molar-refractivity contribution >= 4 is 17.5 Å². The van der Waals surface area contributed by atoms with Crippen molar-refractivity contribution in [3.05, 3.63) is 95.6 Å². The van der Waals surface area contributed by atoms with Crippen molar-refractivity contribution in [2.24, 2.45) is 5.10 Å². The average molecular weight is 502 g/mol. The van der Waals surface area contributed by atoms with E-state index in [1.54, 1.807) is 45.6 Å². The van der Waals surface area contributed by atoms with E-state index in [-0.39, 0.29) is 30.9 Å². The molecule has 3 aromatic carbocycles. The molecule has 1 heterocycles. The third-order valence-corrected chi connectivity index (χ3v) is 6.27. The van der Waals surface area contributed by atoms with Crippen molar-refractivity contribution in [1.29, 1.82) is 0 Å². The highest BCUT2D eigenvalue weighted by Crippen LogP contribution is 2.33. The van der Waals surface area contributed by atoms with E-state index < -0.39 is 0 Å². The second-order valence-electron chi connectivity index (χ2n) is 8.60. The molecule has 37 heavy (non-hydrogen) atoms. The van der Waals surface area contributed by atoms with Gasteiger partial charge < -0.3 is 19.1 Å². The van der Waals surface area contributed by atoms with E-state index in [2.05, 4.69) is 0 Å². The zero-order valence-corrected chi connectivity index (χ0v) is 21.3. The number of methoxy groups -OCH3 is 3. The zero-order chi connectivity index (χ0) is 26.2. The molecule has 3 aromatic rings. The van der Waals surface area contributed by atoms with Gasteiger partial charge in [0.05, 0.1) is 32.6 Å². The van der Waals surface area contributed by atoms with Crippen LogP contribution in [0.5, 0.6) is 11.5 Å². The maximum absolute atomic E-state index is 13.7. The van der Waals surface area contributed by atoms with Crippen molar-refractivity contribution in [3.8, 4) is 11.5 Å². The van der Waals surface area contributed by atoms with Crippen LogP contribution >= 0.6 is 0 Å². The summed E-state index contributed by atoms with van der Waals surface area (Å²) in [5.74, 6) is 0.834. The smallest absolute Gasteiger partial charge is 0.262 e. The van der Waals surface area contributed by atoms with Gasteiger partial charge in [0, 0.05) is 31.2 Å². The van der Waals surface area contributed by atoms with Crippen molar-refractivity contribution in [2.75, 3.05) is 41.0 Å². The molecule has 1 atom stereocenters. The van der Waals surface area contributed by atoms with Gasteiger partial charge >= 0.3 is 0 Å². The highest BCUT2D eigenvalue weighted by atomic mass is 16.5. The van der Waals surface area contributed by atoms with E-state index in [4.69, 9.17) is 19.3 Å². The Morgan fingerprint density at radius 1 is 0.919 bits per heavy atom. The predicted molar refractivity (Wildman–Crippen MR) is 141 cm³/mol. The summed E-state index contributed by atoms with van der Waals surface area (Å²) in [7, 11) is 4.75. The fourth-order valence-corrected chi connectivity index (χ4v) is 4.26. The highest BCUT2D eigenvalue weighted by molar-refractivity contribution is 6.04. The Labute approximate surface area is 217 Å². The largest absolute Gasteiger partial charge is 0.497 e. The summed E-state index contributed by atoms with van der Waals surface area (Å²) in [6.45, 7) is 0.436. The summed E-state index contributed by atoms with van der Waals surface area (Å²) in [5.41, 5.74) is 3.11. The molecule has 1 aliphatic rings. The summed E-state index contributed by atoms with van der Waals surface area (Å²) in [4.78, 5) is 28.5. The molecule has 0 aromatic heterocycles. The van der Waals surface area contributed by atoms with Gasteiger partial charge in [-0.25, -0.2) is 5.01 Å². The lowest BCUT2D eigenvalue weighted by Gasteiger charge is -2.27. The summed E-state index contributed by atoms with van der Waals surface area (Å²) in [5, 5.41) is 6.24. The lowest BCUT2D eigenvalue weighted by molar-refractivity contribution is -0.133. The maximum Gasteiger partial charge on any atom is 0.262 e. The van der Waals surface area contributed by atoms with E-state index >= 15 is 0 Å². The molecule has 0 spiro atoms. The normalized spacial score (nSPS) is 14.7. The quantitative estimate of drug-likeness (QED) is 0.417. The fourth-order valence-electron chi connectivity index (χ4n) is 4.26. The van der Waals surface area contributed by atoms with Crippen molar-refractivity contribution in [3.63, 3.8) is 0 Å². The molecular weight excluding hydrogens is 470 g/mol. The lowest BCUT2D eigenvalue weighted by Crippen LogP contribution is -2.42. The Bertz CT molecular complexity index is 1240. The second kappa shape index (κ2) is 12.2. The Morgan fingerprint density at radius 3 is 2.32 bits per heavy atom. The number of ether oxygens (including phenoxy) is 3. The van der Waals surface area contributed by atoms with Crippen LogP contribution in [0.3, 0.4) is 0 Å². The minimum atomic E-state index is -0.282. The van der Waals surface area contributed by atoms with Gasteiger partial charge in [0.25, 0.3) is 11.8 Å². The summed E-state index contributed by atoms with van der Waals surface area (Å²) in [6, 6.07) is 24.0. The standard InChI is InChI=1S/C29H31N3O5/c1-35-17-16-31(29(34)22-12-14-24(36-2)15-13-22)20-28(33)32-27(21-8-5-4-6-9-21)19-26(30-32)23-10-7-11-25(18-23)37-3/h4-15,18,27H,16-17,19-20H2,1-3H3. The van der Waals surface area contributed by atoms with Gasteiger partial charge in [-0.15, -0.1) is 0 Å². The molecule has 8 nitrogen and oxygen atoms in total. The summed E-state index contributed by atoms with van der Waals surface area (Å²) in [6.07, 6.45) is 0.549. The van der Waals surface area contributed by atoms with E-state index in [1.165, 1.54) is 9.91 Å². The number of hydrogen-bond donors (Lipinski definition) is 0. The van der Waals surface area contributed by atoms with Gasteiger partial charge in [0.2, 0.25) is 0 Å². The van der Waals surface area contributed by atoms with Crippen LogP contribution in [0.15, 0.2) is 84.0 Å². The molecule has 2 amide bonds. The molecule has 0 N–H and O–H groups in total. The van der Waals surface area contributed by atoms with Crippen molar-refractivity contribution in [2.45, 2.75) is 12.5 Å². The van der Waals surface area contributed by atoms with Gasteiger partial charge in [-0.2, -0.15) is 5.10 Å². The Hall–Kier alpha value is -4.17. The van der Waals surface area contributed by atoms with Crippen LogP contribution in [0, 0.1) is 0 Å². The zero-order valence-electron chi connectivity index (χ0n) is 21.3. The number of amides is 2. The molecule has 4 rings (SSSR count). The highest BCUT2D eigenvalue weighted by Gasteiger charge is 2.34.